The molecule has 0 bridgehead atoms. The molecule has 2 heterocycles. The molecular weight excluding hydrogens is 216 g/mol. The van der Waals surface area contributed by atoms with Crippen LogP contribution in [0.3, 0.4) is 0 Å². The smallest absolute Gasteiger partial charge is 0.228 e. The van der Waals surface area contributed by atoms with Gasteiger partial charge in [-0.05, 0) is 38.8 Å². The molecule has 2 rings (SSSR count). The van der Waals surface area contributed by atoms with E-state index in [0.29, 0.717) is 5.91 Å². The van der Waals surface area contributed by atoms with E-state index < -0.39 is 0 Å². The van der Waals surface area contributed by atoms with E-state index in [4.69, 9.17) is 4.74 Å². The summed E-state index contributed by atoms with van der Waals surface area (Å²) in [5.74, 6) is 0.362. The van der Waals surface area contributed by atoms with Gasteiger partial charge in [0.15, 0.2) is 0 Å². The van der Waals surface area contributed by atoms with Gasteiger partial charge in [-0.3, -0.25) is 4.79 Å². The van der Waals surface area contributed by atoms with Gasteiger partial charge in [0.1, 0.15) is 0 Å². The quantitative estimate of drug-likeness (QED) is 0.800. The molecule has 0 aromatic rings. The molecule has 98 valence electrons. The fraction of sp³-hybridized carbons (Fsp3) is 0.923. The van der Waals surface area contributed by atoms with Crippen LogP contribution in [0.5, 0.6) is 0 Å². The van der Waals surface area contributed by atoms with Crippen molar-refractivity contribution in [3.8, 4) is 0 Å². The molecule has 1 amide bonds. The van der Waals surface area contributed by atoms with E-state index in [1.54, 1.807) is 7.11 Å². The second-order valence-corrected chi connectivity index (χ2v) is 5.28. The predicted molar refractivity (Wildman–Crippen MR) is 66.8 cm³/mol. The Kier molecular flexibility index (Phi) is 4.05. The summed E-state index contributed by atoms with van der Waals surface area (Å²) in [6, 6.07) is 0. The Bertz CT molecular complexity index is 275. The zero-order valence-electron chi connectivity index (χ0n) is 11.0. The van der Waals surface area contributed by atoms with Gasteiger partial charge in [0, 0.05) is 20.2 Å². The van der Waals surface area contributed by atoms with E-state index in [-0.39, 0.29) is 11.5 Å². The second-order valence-electron chi connectivity index (χ2n) is 5.28. The van der Waals surface area contributed by atoms with Crippen LogP contribution in [0.2, 0.25) is 0 Å². The number of rotatable bonds is 3. The molecule has 0 aliphatic carbocycles. The standard InChI is InChI=1S/C13H24N2O2/c1-3-13(5-7-14-8-6-13)12(16)15-9-4-11(10-15)17-2/h11,14H,3-10H2,1-2H3. The van der Waals surface area contributed by atoms with Crippen molar-refractivity contribution in [2.24, 2.45) is 5.41 Å². The molecule has 2 saturated heterocycles. The van der Waals surface area contributed by atoms with Gasteiger partial charge in [-0.2, -0.15) is 0 Å². The van der Waals surface area contributed by atoms with Crippen LogP contribution < -0.4 is 5.32 Å². The topological polar surface area (TPSA) is 41.6 Å². The molecule has 0 aromatic carbocycles. The molecule has 2 fully saturated rings. The molecule has 1 atom stereocenters. The predicted octanol–water partition coefficient (Wildman–Crippen LogP) is 1.01. The molecule has 17 heavy (non-hydrogen) atoms. The van der Waals surface area contributed by atoms with Gasteiger partial charge in [-0.15, -0.1) is 0 Å². The number of hydrogen-bond donors (Lipinski definition) is 1. The number of carbonyl (C=O) groups is 1. The SMILES string of the molecule is CCC1(C(=O)N2CCC(OC)C2)CCNCC1. The van der Waals surface area contributed by atoms with Crippen LogP contribution in [0.4, 0.5) is 0 Å². The van der Waals surface area contributed by atoms with Gasteiger partial charge in [0.05, 0.1) is 11.5 Å². The monoisotopic (exact) mass is 240 g/mol. The highest BCUT2D eigenvalue weighted by molar-refractivity contribution is 5.83. The van der Waals surface area contributed by atoms with Crippen LogP contribution in [0.15, 0.2) is 0 Å². The Morgan fingerprint density at radius 3 is 2.71 bits per heavy atom. The zero-order valence-corrected chi connectivity index (χ0v) is 11.0. The molecule has 0 saturated carbocycles. The number of piperidine rings is 1. The Morgan fingerprint density at radius 2 is 2.18 bits per heavy atom. The first-order chi connectivity index (χ1) is 8.22. The van der Waals surface area contributed by atoms with Gasteiger partial charge < -0.3 is 15.0 Å². The second kappa shape index (κ2) is 5.36. The third-order valence-corrected chi connectivity index (χ3v) is 4.46. The lowest BCUT2D eigenvalue weighted by Gasteiger charge is -2.38. The first kappa shape index (κ1) is 12.8. The lowest BCUT2D eigenvalue weighted by Crippen LogP contribution is -2.48. The van der Waals surface area contributed by atoms with E-state index >= 15 is 0 Å². The van der Waals surface area contributed by atoms with Gasteiger partial charge in [0.25, 0.3) is 0 Å². The number of carbonyl (C=O) groups excluding carboxylic acids is 1. The molecule has 0 aromatic heterocycles. The van der Waals surface area contributed by atoms with E-state index in [1.807, 2.05) is 4.90 Å². The summed E-state index contributed by atoms with van der Waals surface area (Å²) in [7, 11) is 1.73. The number of likely N-dealkylation sites (tertiary alicyclic amines) is 1. The van der Waals surface area contributed by atoms with Crippen molar-refractivity contribution in [1.29, 1.82) is 0 Å². The number of amides is 1. The van der Waals surface area contributed by atoms with Crippen LogP contribution in [-0.4, -0.2) is 50.2 Å². The first-order valence-corrected chi connectivity index (χ1v) is 6.75. The molecule has 0 spiro atoms. The fourth-order valence-corrected chi connectivity index (χ4v) is 3.06. The average molecular weight is 240 g/mol. The maximum Gasteiger partial charge on any atom is 0.228 e. The molecule has 2 aliphatic heterocycles. The van der Waals surface area contributed by atoms with Crippen molar-refractivity contribution < 1.29 is 9.53 Å². The minimum atomic E-state index is -0.103. The van der Waals surface area contributed by atoms with E-state index in [0.717, 1.165) is 51.9 Å². The highest BCUT2D eigenvalue weighted by Crippen LogP contribution is 2.35. The maximum atomic E-state index is 12.7. The molecule has 2 aliphatic rings. The number of hydrogen-bond acceptors (Lipinski definition) is 3. The molecule has 0 radical (unpaired) electrons. The van der Waals surface area contributed by atoms with Crippen molar-refractivity contribution >= 4 is 5.91 Å². The average Bonchev–Trinajstić information content (AvgIpc) is 2.87. The first-order valence-electron chi connectivity index (χ1n) is 6.75. The summed E-state index contributed by atoms with van der Waals surface area (Å²) >= 11 is 0. The highest BCUT2D eigenvalue weighted by atomic mass is 16.5. The normalized spacial score (nSPS) is 28.4. The minimum Gasteiger partial charge on any atom is -0.380 e. The Morgan fingerprint density at radius 1 is 1.47 bits per heavy atom. The minimum absolute atomic E-state index is 0.103. The van der Waals surface area contributed by atoms with Gasteiger partial charge in [-0.1, -0.05) is 6.92 Å². The third-order valence-electron chi connectivity index (χ3n) is 4.46. The van der Waals surface area contributed by atoms with Crippen molar-refractivity contribution in [1.82, 2.24) is 10.2 Å². The zero-order chi connectivity index (χ0) is 12.3. The summed E-state index contributed by atoms with van der Waals surface area (Å²) in [4.78, 5) is 14.7. The fourth-order valence-electron chi connectivity index (χ4n) is 3.06. The molecular formula is C13H24N2O2. The van der Waals surface area contributed by atoms with Crippen LogP contribution >= 0.6 is 0 Å². The summed E-state index contributed by atoms with van der Waals surface area (Å²) in [5, 5.41) is 3.34. The van der Waals surface area contributed by atoms with Crippen LogP contribution in [-0.2, 0) is 9.53 Å². The van der Waals surface area contributed by atoms with Crippen LogP contribution in [0, 0.1) is 5.41 Å². The van der Waals surface area contributed by atoms with Crippen molar-refractivity contribution in [3.05, 3.63) is 0 Å². The lowest BCUT2D eigenvalue weighted by molar-refractivity contribution is -0.143. The van der Waals surface area contributed by atoms with E-state index in [2.05, 4.69) is 12.2 Å². The molecule has 4 heteroatoms. The number of nitrogens with zero attached hydrogens (tertiary/aromatic N) is 1. The summed E-state index contributed by atoms with van der Waals surface area (Å²) in [6.45, 7) is 5.74. The summed E-state index contributed by atoms with van der Waals surface area (Å²) in [5.41, 5.74) is -0.103. The van der Waals surface area contributed by atoms with E-state index in [9.17, 15) is 4.79 Å². The largest absolute Gasteiger partial charge is 0.380 e. The third kappa shape index (κ3) is 2.47. The molecule has 4 nitrogen and oxygen atoms in total. The Labute approximate surface area is 104 Å². The maximum absolute atomic E-state index is 12.7. The summed E-state index contributed by atoms with van der Waals surface area (Å²) < 4.78 is 5.34. The highest BCUT2D eigenvalue weighted by Gasteiger charge is 2.42. The molecule has 1 N–H and O–H groups in total. The number of nitrogens with one attached hydrogen (secondary N) is 1. The lowest BCUT2D eigenvalue weighted by atomic mass is 9.75. The molecule has 1 unspecified atom stereocenters. The van der Waals surface area contributed by atoms with Crippen LogP contribution in [0.1, 0.15) is 32.6 Å². The van der Waals surface area contributed by atoms with Crippen molar-refractivity contribution in [2.75, 3.05) is 33.3 Å². The number of methoxy groups -OCH3 is 1. The Hall–Kier alpha value is -0.610. The van der Waals surface area contributed by atoms with Crippen LogP contribution in [0.25, 0.3) is 0 Å². The van der Waals surface area contributed by atoms with Gasteiger partial charge in [-0.25, -0.2) is 0 Å². The van der Waals surface area contributed by atoms with Gasteiger partial charge in [0.2, 0.25) is 5.91 Å². The van der Waals surface area contributed by atoms with E-state index in [1.165, 1.54) is 0 Å². The van der Waals surface area contributed by atoms with Crippen molar-refractivity contribution in [3.63, 3.8) is 0 Å². The Balaban J connectivity index is 2.02. The van der Waals surface area contributed by atoms with Crippen molar-refractivity contribution in [2.45, 2.75) is 38.7 Å². The number of ether oxygens (including phenoxy) is 1. The summed E-state index contributed by atoms with van der Waals surface area (Å²) in [6.07, 6.45) is 4.16. The van der Waals surface area contributed by atoms with Gasteiger partial charge >= 0.3 is 0 Å².